The van der Waals surface area contributed by atoms with Crippen molar-refractivity contribution in [1.82, 2.24) is 10.2 Å². The van der Waals surface area contributed by atoms with Crippen LogP contribution in [0.3, 0.4) is 0 Å². The number of rotatable bonds is 6. The number of hydrogen-bond donors (Lipinski definition) is 2. The molecule has 2 heterocycles. The quantitative estimate of drug-likeness (QED) is 0.728. The zero-order valence-corrected chi connectivity index (χ0v) is 15.7. The lowest BCUT2D eigenvalue weighted by Gasteiger charge is -2.43. The van der Waals surface area contributed by atoms with Gasteiger partial charge in [-0.1, -0.05) is 25.1 Å². The summed E-state index contributed by atoms with van der Waals surface area (Å²) >= 11 is 1.40. The van der Waals surface area contributed by atoms with Crippen LogP contribution in [0.1, 0.15) is 27.2 Å². The highest BCUT2D eigenvalue weighted by molar-refractivity contribution is 8.01. The summed E-state index contributed by atoms with van der Waals surface area (Å²) < 4.78 is 5.09. The third kappa shape index (κ3) is 3.13. The topological polar surface area (TPSA) is 95.9 Å². The number of β-lactam (4-membered cyclic amide) rings is 1. The monoisotopic (exact) mass is 378 g/mol. The Kier molecular flexibility index (Phi) is 4.88. The fourth-order valence-corrected chi connectivity index (χ4v) is 5.00. The number of nitrogens with one attached hydrogen (secondary N) is 1. The van der Waals surface area contributed by atoms with Crippen LogP contribution < -0.4 is 10.1 Å². The third-order valence-corrected chi connectivity index (χ3v) is 6.23. The first-order valence-electron chi connectivity index (χ1n) is 8.51. The highest BCUT2D eigenvalue weighted by atomic mass is 32.2. The molecular weight excluding hydrogens is 356 g/mol. The number of carboxylic acid groups (broad SMARTS) is 1. The number of fused-ring (bicyclic) bond motifs is 1. The van der Waals surface area contributed by atoms with Gasteiger partial charge >= 0.3 is 5.97 Å². The Balaban J connectivity index is 1.67. The van der Waals surface area contributed by atoms with Gasteiger partial charge in [-0.25, -0.2) is 4.79 Å². The summed E-state index contributed by atoms with van der Waals surface area (Å²) in [6, 6.07) is 7.41. The van der Waals surface area contributed by atoms with Crippen LogP contribution in [0, 0.1) is 0 Å². The maximum absolute atomic E-state index is 12.6. The van der Waals surface area contributed by atoms with Gasteiger partial charge in [0.15, 0.2) is 6.10 Å². The molecule has 0 saturated carbocycles. The van der Waals surface area contributed by atoms with Crippen LogP contribution in [0.4, 0.5) is 0 Å². The van der Waals surface area contributed by atoms with Crippen molar-refractivity contribution in [2.24, 2.45) is 0 Å². The van der Waals surface area contributed by atoms with Crippen LogP contribution in [0.25, 0.3) is 0 Å². The van der Waals surface area contributed by atoms with Crippen molar-refractivity contribution in [3.63, 3.8) is 0 Å². The number of nitrogens with zero attached hydrogens (tertiary/aromatic N) is 1. The summed E-state index contributed by atoms with van der Waals surface area (Å²) in [7, 11) is 0. The summed E-state index contributed by atoms with van der Waals surface area (Å²) in [4.78, 5) is 37.9. The average molecular weight is 378 g/mol. The van der Waals surface area contributed by atoms with Crippen LogP contribution in [0.2, 0.25) is 0 Å². The van der Waals surface area contributed by atoms with E-state index in [4.69, 9.17) is 4.74 Å². The maximum Gasteiger partial charge on any atom is 0.327 e. The number of aliphatic carboxylic acids is 1. The van der Waals surface area contributed by atoms with Gasteiger partial charge in [0.2, 0.25) is 5.91 Å². The molecule has 2 aliphatic heterocycles. The van der Waals surface area contributed by atoms with Crippen molar-refractivity contribution in [2.45, 2.75) is 55.5 Å². The molecule has 0 spiro atoms. The Bertz CT molecular complexity index is 724. The zero-order chi connectivity index (χ0) is 19.1. The molecule has 0 aromatic heterocycles. The Morgan fingerprint density at radius 1 is 1.35 bits per heavy atom. The second-order valence-corrected chi connectivity index (χ2v) is 8.68. The second-order valence-electron chi connectivity index (χ2n) is 6.91. The van der Waals surface area contributed by atoms with E-state index in [0.29, 0.717) is 12.2 Å². The summed E-state index contributed by atoms with van der Waals surface area (Å²) in [6.07, 6.45) is -0.263. The molecule has 7 nitrogen and oxygen atoms in total. The zero-order valence-electron chi connectivity index (χ0n) is 14.8. The molecule has 0 bridgehead atoms. The van der Waals surface area contributed by atoms with Crippen molar-refractivity contribution in [1.29, 1.82) is 0 Å². The van der Waals surface area contributed by atoms with Crippen molar-refractivity contribution < 1.29 is 24.2 Å². The number of hydrogen-bond acceptors (Lipinski definition) is 5. The van der Waals surface area contributed by atoms with Gasteiger partial charge < -0.3 is 20.1 Å². The van der Waals surface area contributed by atoms with Gasteiger partial charge in [0.1, 0.15) is 23.2 Å². The van der Waals surface area contributed by atoms with E-state index >= 15 is 0 Å². The maximum atomic E-state index is 12.6. The van der Waals surface area contributed by atoms with Crippen LogP contribution in [-0.2, 0) is 14.4 Å². The highest BCUT2D eigenvalue weighted by Crippen LogP contribution is 2.50. The SMILES string of the molecule is CC[C@H](Oc1ccccc1)C(=O)N[C@@H]1C(=O)N2[C@@H]1SC(C)(C)[C@@H]2C(=O)O. The van der Waals surface area contributed by atoms with Gasteiger partial charge in [-0.3, -0.25) is 9.59 Å². The molecule has 8 heteroatoms. The summed E-state index contributed by atoms with van der Waals surface area (Å²) in [5.74, 6) is -1.17. The summed E-state index contributed by atoms with van der Waals surface area (Å²) in [6.45, 7) is 5.43. The van der Waals surface area contributed by atoms with Crippen molar-refractivity contribution in [3.8, 4) is 5.75 Å². The van der Waals surface area contributed by atoms with Gasteiger partial charge in [-0.15, -0.1) is 11.8 Å². The lowest BCUT2D eigenvalue weighted by Crippen LogP contribution is -2.71. The van der Waals surface area contributed by atoms with E-state index in [1.54, 1.807) is 26.0 Å². The lowest BCUT2D eigenvalue weighted by atomic mass is 9.96. The molecule has 0 aliphatic carbocycles. The molecule has 1 aromatic rings. The van der Waals surface area contributed by atoms with E-state index in [-0.39, 0.29) is 17.2 Å². The second kappa shape index (κ2) is 6.83. The molecule has 2 amide bonds. The van der Waals surface area contributed by atoms with Crippen molar-refractivity contribution in [3.05, 3.63) is 30.3 Å². The first-order chi connectivity index (χ1) is 12.3. The molecule has 140 valence electrons. The molecule has 3 rings (SSSR count). The molecule has 2 saturated heterocycles. The van der Waals surface area contributed by atoms with E-state index in [0.717, 1.165) is 0 Å². The number of carbonyl (C=O) groups is 3. The van der Waals surface area contributed by atoms with Crippen LogP contribution >= 0.6 is 11.8 Å². The fraction of sp³-hybridized carbons (Fsp3) is 0.500. The number of para-hydroxylation sites is 1. The van der Waals surface area contributed by atoms with E-state index in [1.165, 1.54) is 16.7 Å². The van der Waals surface area contributed by atoms with Gasteiger partial charge in [0.25, 0.3) is 5.91 Å². The minimum absolute atomic E-state index is 0.358. The number of benzene rings is 1. The Morgan fingerprint density at radius 2 is 2.00 bits per heavy atom. The summed E-state index contributed by atoms with van der Waals surface area (Å²) in [5, 5.41) is 11.8. The van der Waals surface area contributed by atoms with Gasteiger partial charge in [-0.2, -0.15) is 0 Å². The van der Waals surface area contributed by atoms with E-state index in [1.807, 2.05) is 25.1 Å². The number of thioether (sulfide) groups is 1. The molecule has 2 aliphatic rings. The molecule has 1 aromatic carbocycles. The lowest BCUT2D eigenvalue weighted by molar-refractivity contribution is -0.161. The minimum atomic E-state index is -1.03. The predicted molar refractivity (Wildman–Crippen MR) is 96.8 cm³/mol. The summed E-state index contributed by atoms with van der Waals surface area (Å²) in [5.41, 5.74) is 0. The molecule has 0 radical (unpaired) electrons. The normalized spacial score (nSPS) is 27.3. The van der Waals surface area contributed by atoms with Gasteiger partial charge in [0.05, 0.1) is 0 Å². The van der Waals surface area contributed by atoms with Crippen LogP contribution in [0.15, 0.2) is 30.3 Å². The van der Waals surface area contributed by atoms with E-state index in [2.05, 4.69) is 5.32 Å². The first kappa shape index (κ1) is 18.6. The number of amides is 2. The van der Waals surface area contributed by atoms with Crippen LogP contribution in [0.5, 0.6) is 5.75 Å². The highest BCUT2D eigenvalue weighted by Gasteiger charge is 2.64. The Morgan fingerprint density at radius 3 is 2.58 bits per heavy atom. The Hall–Kier alpha value is -2.22. The first-order valence-corrected chi connectivity index (χ1v) is 9.39. The standard InChI is InChI=1S/C18H22N2O5S/c1-4-11(25-10-8-6-5-7-9-10)14(21)19-12-15(22)20-13(17(23)24)18(2,3)26-16(12)20/h5-9,11-13,16H,4H2,1-3H3,(H,19,21)(H,23,24)/t11-,12+,13-,16+/m0/s1. The average Bonchev–Trinajstić information content (AvgIpc) is 2.86. The largest absolute Gasteiger partial charge is 0.481 e. The Labute approximate surface area is 156 Å². The number of carboxylic acids is 1. The molecule has 2 N–H and O–H groups in total. The van der Waals surface area contributed by atoms with Crippen molar-refractivity contribution in [2.75, 3.05) is 0 Å². The van der Waals surface area contributed by atoms with Crippen molar-refractivity contribution >= 4 is 29.5 Å². The van der Waals surface area contributed by atoms with E-state index in [9.17, 15) is 19.5 Å². The molecule has 2 fully saturated rings. The fourth-order valence-electron chi connectivity index (χ4n) is 3.38. The number of ether oxygens (including phenoxy) is 1. The smallest absolute Gasteiger partial charge is 0.327 e. The predicted octanol–water partition coefficient (Wildman–Crippen LogP) is 1.48. The molecule has 4 atom stereocenters. The van der Waals surface area contributed by atoms with Crippen LogP contribution in [-0.4, -0.2) is 56.1 Å². The minimum Gasteiger partial charge on any atom is -0.481 e. The van der Waals surface area contributed by atoms with Gasteiger partial charge in [-0.05, 0) is 32.4 Å². The molecular formula is C18H22N2O5S. The third-order valence-electron chi connectivity index (χ3n) is 4.66. The molecule has 0 unspecified atom stereocenters. The van der Waals surface area contributed by atoms with Gasteiger partial charge in [0, 0.05) is 4.75 Å². The number of carbonyl (C=O) groups excluding carboxylic acids is 2. The van der Waals surface area contributed by atoms with E-state index < -0.39 is 28.9 Å². The molecule has 26 heavy (non-hydrogen) atoms.